The van der Waals surface area contributed by atoms with Gasteiger partial charge in [-0.1, -0.05) is 41.1 Å². The normalized spacial score (nSPS) is 11.3. The SMILES string of the molecule is Cc1nc(NC(=O)c2cccc(Cl)c2)sc1-c1nc2ccccc2n1C(F)F. The summed E-state index contributed by atoms with van der Waals surface area (Å²) in [4.78, 5) is 21.5. The van der Waals surface area contributed by atoms with Gasteiger partial charge in [0.1, 0.15) is 0 Å². The molecule has 1 N–H and O–H groups in total. The molecule has 2 heterocycles. The van der Waals surface area contributed by atoms with Crippen LogP contribution in [0.3, 0.4) is 0 Å². The number of halogens is 3. The third-order valence-corrected chi connectivity index (χ3v) is 5.40. The number of carbonyl (C=O) groups excluding carboxylic acids is 1. The molecule has 28 heavy (non-hydrogen) atoms. The lowest BCUT2D eigenvalue weighted by molar-refractivity contribution is 0.0764. The second-order valence-electron chi connectivity index (χ2n) is 5.97. The Bertz CT molecular complexity index is 1190. The Labute approximate surface area is 167 Å². The summed E-state index contributed by atoms with van der Waals surface area (Å²) in [6.07, 6.45) is 0. The number of aryl methyl sites for hydroxylation is 1. The molecule has 4 rings (SSSR count). The molecule has 0 aliphatic carbocycles. The predicted molar refractivity (Wildman–Crippen MR) is 106 cm³/mol. The highest BCUT2D eigenvalue weighted by Crippen LogP contribution is 2.36. The Morgan fingerprint density at radius 3 is 2.71 bits per heavy atom. The zero-order valence-corrected chi connectivity index (χ0v) is 16.1. The lowest BCUT2D eigenvalue weighted by Crippen LogP contribution is -2.11. The predicted octanol–water partition coefficient (Wildman–Crippen LogP) is 5.77. The van der Waals surface area contributed by atoms with Gasteiger partial charge < -0.3 is 0 Å². The van der Waals surface area contributed by atoms with Gasteiger partial charge in [-0.2, -0.15) is 8.78 Å². The standard InChI is InChI=1S/C19H13ClF2N4OS/c1-10-15(16-24-13-7-2-3-8-14(13)26(16)18(21)22)28-19(23-10)25-17(27)11-5-4-6-12(20)9-11/h2-9,18H,1H3,(H,23,25,27). The van der Waals surface area contributed by atoms with Gasteiger partial charge in [0, 0.05) is 10.6 Å². The first-order chi connectivity index (χ1) is 13.4. The van der Waals surface area contributed by atoms with Crippen molar-refractivity contribution in [2.24, 2.45) is 0 Å². The molecule has 2 aromatic heterocycles. The molecule has 4 aromatic rings. The van der Waals surface area contributed by atoms with Gasteiger partial charge in [0.15, 0.2) is 11.0 Å². The van der Waals surface area contributed by atoms with Gasteiger partial charge in [-0.25, -0.2) is 9.97 Å². The van der Waals surface area contributed by atoms with Crippen LogP contribution < -0.4 is 5.32 Å². The van der Waals surface area contributed by atoms with Crippen molar-refractivity contribution in [3.63, 3.8) is 0 Å². The summed E-state index contributed by atoms with van der Waals surface area (Å²) in [5.41, 5.74) is 1.69. The Morgan fingerprint density at radius 2 is 1.96 bits per heavy atom. The monoisotopic (exact) mass is 418 g/mol. The van der Waals surface area contributed by atoms with Crippen LogP contribution in [0.15, 0.2) is 48.5 Å². The summed E-state index contributed by atoms with van der Waals surface area (Å²) in [6, 6.07) is 13.2. The van der Waals surface area contributed by atoms with Crippen molar-refractivity contribution in [1.82, 2.24) is 14.5 Å². The number of amides is 1. The molecule has 0 bridgehead atoms. The van der Waals surface area contributed by atoms with E-state index in [1.165, 1.54) is 6.07 Å². The molecule has 0 radical (unpaired) electrons. The first-order valence-corrected chi connectivity index (χ1v) is 9.43. The minimum Gasteiger partial charge on any atom is -0.298 e. The quantitative estimate of drug-likeness (QED) is 0.457. The third-order valence-electron chi connectivity index (χ3n) is 4.10. The average molecular weight is 419 g/mol. The summed E-state index contributed by atoms with van der Waals surface area (Å²) < 4.78 is 28.3. The lowest BCUT2D eigenvalue weighted by atomic mass is 10.2. The minimum absolute atomic E-state index is 0.120. The molecule has 1 amide bonds. The van der Waals surface area contributed by atoms with Crippen molar-refractivity contribution in [2.45, 2.75) is 13.5 Å². The summed E-state index contributed by atoms with van der Waals surface area (Å²) in [7, 11) is 0. The zero-order valence-electron chi connectivity index (χ0n) is 14.5. The number of para-hydroxylation sites is 2. The van der Waals surface area contributed by atoms with E-state index in [0.29, 0.717) is 37.3 Å². The van der Waals surface area contributed by atoms with Crippen LogP contribution >= 0.6 is 22.9 Å². The van der Waals surface area contributed by atoms with Crippen LogP contribution in [0.5, 0.6) is 0 Å². The maximum atomic E-state index is 13.7. The van der Waals surface area contributed by atoms with E-state index >= 15 is 0 Å². The first-order valence-electron chi connectivity index (χ1n) is 8.24. The second-order valence-corrected chi connectivity index (χ2v) is 7.41. The van der Waals surface area contributed by atoms with Crippen molar-refractivity contribution in [1.29, 1.82) is 0 Å². The van der Waals surface area contributed by atoms with Crippen LogP contribution in [0, 0.1) is 6.92 Å². The fourth-order valence-corrected chi connectivity index (χ4v) is 4.00. The van der Waals surface area contributed by atoms with Gasteiger partial charge in [-0.15, -0.1) is 0 Å². The van der Waals surface area contributed by atoms with Gasteiger partial charge in [0.05, 0.1) is 21.6 Å². The summed E-state index contributed by atoms with van der Waals surface area (Å²) in [5, 5.41) is 3.42. The third kappa shape index (κ3) is 3.36. The van der Waals surface area contributed by atoms with Crippen molar-refractivity contribution in [3.8, 4) is 10.7 Å². The van der Waals surface area contributed by atoms with Crippen molar-refractivity contribution in [2.75, 3.05) is 5.32 Å². The van der Waals surface area contributed by atoms with E-state index in [2.05, 4.69) is 15.3 Å². The lowest BCUT2D eigenvalue weighted by Gasteiger charge is -2.06. The highest BCUT2D eigenvalue weighted by molar-refractivity contribution is 7.19. The van der Waals surface area contributed by atoms with Crippen LogP contribution in [0.1, 0.15) is 22.6 Å². The van der Waals surface area contributed by atoms with Crippen molar-refractivity contribution in [3.05, 3.63) is 64.8 Å². The highest BCUT2D eigenvalue weighted by Gasteiger charge is 2.23. The van der Waals surface area contributed by atoms with Gasteiger partial charge in [-0.3, -0.25) is 14.7 Å². The molecule has 0 fully saturated rings. The van der Waals surface area contributed by atoms with Gasteiger partial charge >= 0.3 is 6.55 Å². The molecule has 142 valence electrons. The van der Waals surface area contributed by atoms with Crippen molar-refractivity contribution >= 4 is 45.0 Å². The van der Waals surface area contributed by atoms with Gasteiger partial charge in [0.2, 0.25) is 0 Å². The molecular weight excluding hydrogens is 406 g/mol. The van der Waals surface area contributed by atoms with E-state index in [1.807, 2.05) is 0 Å². The fraction of sp³-hybridized carbons (Fsp3) is 0.105. The van der Waals surface area contributed by atoms with Crippen LogP contribution in [-0.4, -0.2) is 20.4 Å². The molecule has 0 unspecified atom stereocenters. The Hall–Kier alpha value is -2.84. The Kier molecular flexibility index (Phi) is 4.82. The number of alkyl halides is 2. The van der Waals surface area contributed by atoms with Crippen LogP contribution in [0.4, 0.5) is 13.9 Å². The van der Waals surface area contributed by atoms with E-state index in [0.717, 1.165) is 15.9 Å². The average Bonchev–Trinajstić information content (AvgIpc) is 3.21. The largest absolute Gasteiger partial charge is 0.320 e. The van der Waals surface area contributed by atoms with E-state index in [4.69, 9.17) is 11.6 Å². The number of hydrogen-bond acceptors (Lipinski definition) is 4. The maximum Gasteiger partial charge on any atom is 0.320 e. The van der Waals surface area contributed by atoms with Crippen LogP contribution in [0.25, 0.3) is 21.7 Å². The number of thiazole rings is 1. The first kappa shape index (κ1) is 18.5. The number of benzene rings is 2. The number of rotatable bonds is 4. The number of hydrogen-bond donors (Lipinski definition) is 1. The topological polar surface area (TPSA) is 59.8 Å². The molecule has 0 saturated heterocycles. The summed E-state index contributed by atoms with van der Waals surface area (Å²) in [6.45, 7) is -1.07. The number of imidazole rings is 1. The number of anilines is 1. The van der Waals surface area contributed by atoms with Crippen LogP contribution in [0.2, 0.25) is 5.02 Å². The molecule has 0 atom stereocenters. The molecule has 0 aliphatic rings. The number of nitrogens with zero attached hydrogens (tertiary/aromatic N) is 3. The van der Waals surface area contributed by atoms with E-state index < -0.39 is 6.55 Å². The smallest absolute Gasteiger partial charge is 0.298 e. The number of fused-ring (bicyclic) bond motifs is 1. The number of nitrogens with one attached hydrogen (secondary N) is 1. The van der Waals surface area contributed by atoms with Gasteiger partial charge in [-0.05, 0) is 37.3 Å². The summed E-state index contributed by atoms with van der Waals surface area (Å²) in [5.74, 6) is -0.264. The number of carbonyl (C=O) groups is 1. The Morgan fingerprint density at radius 1 is 1.18 bits per heavy atom. The highest BCUT2D eigenvalue weighted by atomic mass is 35.5. The molecule has 0 spiro atoms. The van der Waals surface area contributed by atoms with Crippen molar-refractivity contribution < 1.29 is 13.6 Å². The molecule has 0 saturated carbocycles. The summed E-state index contributed by atoms with van der Waals surface area (Å²) >= 11 is 7.01. The molecule has 9 heteroatoms. The fourth-order valence-electron chi connectivity index (χ4n) is 2.86. The number of aromatic nitrogens is 3. The molecule has 0 aliphatic heterocycles. The van der Waals surface area contributed by atoms with Gasteiger partial charge in [0.25, 0.3) is 5.91 Å². The Balaban J connectivity index is 1.72. The minimum atomic E-state index is -2.76. The molecule has 5 nitrogen and oxygen atoms in total. The van der Waals surface area contributed by atoms with Crippen LogP contribution in [-0.2, 0) is 0 Å². The van der Waals surface area contributed by atoms with E-state index in [-0.39, 0.29) is 11.7 Å². The molecular formula is C19H13ClF2N4OS. The zero-order chi connectivity index (χ0) is 19.8. The van der Waals surface area contributed by atoms with E-state index in [9.17, 15) is 13.6 Å². The maximum absolute atomic E-state index is 13.7. The second kappa shape index (κ2) is 7.29. The molecule has 2 aromatic carbocycles. The van der Waals surface area contributed by atoms with E-state index in [1.54, 1.807) is 49.4 Å².